The van der Waals surface area contributed by atoms with Gasteiger partial charge in [0.25, 0.3) is 0 Å². The van der Waals surface area contributed by atoms with Crippen LogP contribution < -0.4 is 4.74 Å². The third kappa shape index (κ3) is 7.36. The number of aryl methyl sites for hydroxylation is 1. The van der Waals surface area contributed by atoms with Gasteiger partial charge in [-0.2, -0.15) is 0 Å². The van der Waals surface area contributed by atoms with Crippen LogP contribution in [0.15, 0.2) is 83.8 Å². The first-order chi connectivity index (χ1) is 20.4. The van der Waals surface area contributed by atoms with Gasteiger partial charge in [-0.3, -0.25) is 0 Å². The maximum Gasteiger partial charge on any atom is 0.338 e. The summed E-state index contributed by atoms with van der Waals surface area (Å²) < 4.78 is 38.4. The molecule has 0 radical (unpaired) electrons. The molecule has 9 heteroatoms. The summed E-state index contributed by atoms with van der Waals surface area (Å²) in [5, 5.41) is -0.0884. The van der Waals surface area contributed by atoms with Crippen molar-refractivity contribution in [3.05, 3.63) is 95.6 Å². The summed E-state index contributed by atoms with van der Waals surface area (Å²) in [5.41, 5.74) is 1.95. The molecule has 2 aliphatic rings. The maximum absolute atomic E-state index is 13.6. The first-order valence-electron chi connectivity index (χ1n) is 14.7. The SMILES string of the molecule is COc1ccc(C2OC[C@H]3O[C@@H](Sc4ccc(C)cc4)[C@H](OC(=O)c4ccccc4)[C@@H](O[Si](C)(C)C(C)(C)C)[C@@H]3O2)cc1. The molecule has 2 fully saturated rings. The van der Waals surface area contributed by atoms with Crippen LogP contribution in [-0.4, -0.2) is 57.9 Å². The number of carbonyl (C=O) groups excluding carboxylic acids is 1. The fourth-order valence-corrected chi connectivity index (χ4v) is 7.27. The Balaban J connectivity index is 1.52. The molecule has 0 aliphatic carbocycles. The molecule has 230 valence electrons. The highest BCUT2D eigenvalue weighted by atomic mass is 32.2. The molecule has 3 aromatic carbocycles. The topological polar surface area (TPSA) is 72.5 Å². The Labute approximate surface area is 260 Å². The number of methoxy groups -OCH3 is 1. The van der Waals surface area contributed by atoms with Crippen molar-refractivity contribution in [1.29, 1.82) is 0 Å². The van der Waals surface area contributed by atoms with E-state index in [0.29, 0.717) is 12.2 Å². The highest BCUT2D eigenvalue weighted by molar-refractivity contribution is 7.99. The molecule has 0 aromatic heterocycles. The first kappa shape index (κ1) is 31.8. The molecule has 0 amide bonds. The van der Waals surface area contributed by atoms with Gasteiger partial charge in [0.05, 0.1) is 19.3 Å². The Bertz CT molecular complexity index is 1360. The van der Waals surface area contributed by atoms with Gasteiger partial charge in [-0.15, -0.1) is 0 Å². The Morgan fingerprint density at radius 1 is 0.907 bits per heavy atom. The largest absolute Gasteiger partial charge is 0.497 e. The predicted molar refractivity (Wildman–Crippen MR) is 170 cm³/mol. The molecule has 6 atom stereocenters. The van der Waals surface area contributed by atoms with E-state index in [1.807, 2.05) is 42.5 Å². The number of esters is 1. The summed E-state index contributed by atoms with van der Waals surface area (Å²) in [4.78, 5) is 14.6. The number of thioether (sulfide) groups is 1. The van der Waals surface area contributed by atoms with Gasteiger partial charge in [0.15, 0.2) is 20.7 Å². The zero-order chi connectivity index (χ0) is 30.8. The summed E-state index contributed by atoms with van der Waals surface area (Å²) in [6, 6.07) is 24.9. The van der Waals surface area contributed by atoms with Crippen LogP contribution in [0.3, 0.4) is 0 Å². The van der Waals surface area contributed by atoms with E-state index in [1.54, 1.807) is 19.2 Å². The van der Waals surface area contributed by atoms with Crippen LogP contribution >= 0.6 is 11.8 Å². The van der Waals surface area contributed by atoms with Crippen LogP contribution in [0, 0.1) is 6.92 Å². The fourth-order valence-electron chi connectivity index (χ4n) is 4.87. The number of carbonyl (C=O) groups is 1. The molecule has 7 nitrogen and oxygen atoms in total. The van der Waals surface area contributed by atoms with Crippen molar-refractivity contribution in [2.45, 2.75) is 86.9 Å². The molecule has 3 aromatic rings. The summed E-state index contributed by atoms with van der Waals surface area (Å²) in [5.74, 6) is 0.325. The second-order valence-corrected chi connectivity index (χ2v) is 18.5. The standard InChI is InChI=1S/C34H42O7SSi/c1-22-13-19-26(20-14-22)42-33-30(39-31(35)23-11-9-8-10-12-23)29(41-43(6,7)34(2,3)4)28-27(38-33)21-37-32(40-28)24-15-17-25(36-5)18-16-24/h8-20,27-30,32-33H,21H2,1-7H3/t27-,28-,29+,30-,32?,33+/m1/s1. The van der Waals surface area contributed by atoms with Gasteiger partial charge < -0.3 is 28.1 Å². The first-order valence-corrected chi connectivity index (χ1v) is 18.5. The lowest BCUT2D eigenvalue weighted by Gasteiger charge is -2.51. The van der Waals surface area contributed by atoms with E-state index in [4.69, 9.17) is 28.1 Å². The van der Waals surface area contributed by atoms with Crippen molar-refractivity contribution in [1.82, 2.24) is 0 Å². The van der Waals surface area contributed by atoms with Gasteiger partial charge in [0.2, 0.25) is 0 Å². The summed E-state index contributed by atoms with van der Waals surface area (Å²) in [7, 11) is -0.741. The molecule has 2 saturated heterocycles. The molecule has 0 N–H and O–H groups in total. The molecule has 0 bridgehead atoms. The number of fused-ring (bicyclic) bond motifs is 1. The lowest BCUT2D eigenvalue weighted by Crippen LogP contribution is -2.65. The van der Waals surface area contributed by atoms with Crippen LogP contribution in [0.1, 0.15) is 48.5 Å². The molecule has 2 heterocycles. The summed E-state index contributed by atoms with van der Waals surface area (Å²) in [6.45, 7) is 13.4. The fraction of sp³-hybridized carbons (Fsp3) is 0.441. The lowest BCUT2D eigenvalue weighted by atomic mass is 9.98. The van der Waals surface area contributed by atoms with E-state index >= 15 is 0 Å². The van der Waals surface area contributed by atoms with Crippen molar-refractivity contribution >= 4 is 26.0 Å². The van der Waals surface area contributed by atoms with E-state index in [2.05, 4.69) is 65.1 Å². The van der Waals surface area contributed by atoms with Crippen LogP contribution in [0.5, 0.6) is 5.75 Å². The van der Waals surface area contributed by atoms with Crippen molar-refractivity contribution < 1.29 is 32.9 Å². The van der Waals surface area contributed by atoms with Crippen LogP contribution in [-0.2, 0) is 23.4 Å². The minimum atomic E-state index is -2.38. The summed E-state index contributed by atoms with van der Waals surface area (Å²) in [6.07, 6.45) is -2.91. The van der Waals surface area contributed by atoms with Gasteiger partial charge >= 0.3 is 5.97 Å². The monoisotopic (exact) mass is 622 g/mol. The lowest BCUT2D eigenvalue weighted by molar-refractivity contribution is -0.315. The Morgan fingerprint density at radius 3 is 2.21 bits per heavy atom. The third-order valence-electron chi connectivity index (χ3n) is 8.43. The van der Waals surface area contributed by atoms with E-state index in [1.165, 1.54) is 17.3 Å². The van der Waals surface area contributed by atoms with Crippen molar-refractivity contribution in [3.63, 3.8) is 0 Å². The van der Waals surface area contributed by atoms with Crippen molar-refractivity contribution in [2.24, 2.45) is 0 Å². The van der Waals surface area contributed by atoms with Gasteiger partial charge in [-0.05, 0) is 61.5 Å². The zero-order valence-electron chi connectivity index (χ0n) is 25.9. The number of rotatable bonds is 8. The minimum absolute atomic E-state index is 0.0884. The number of hydrogen-bond donors (Lipinski definition) is 0. The Morgan fingerprint density at radius 2 is 1.58 bits per heavy atom. The molecule has 0 spiro atoms. The number of ether oxygens (including phenoxy) is 5. The van der Waals surface area contributed by atoms with Gasteiger partial charge in [0, 0.05) is 10.5 Å². The second-order valence-electron chi connectivity index (χ2n) is 12.6. The normalized spacial score (nSPS) is 25.9. The van der Waals surface area contributed by atoms with Crippen LogP contribution in [0.25, 0.3) is 0 Å². The van der Waals surface area contributed by atoms with E-state index < -0.39 is 50.4 Å². The zero-order valence-corrected chi connectivity index (χ0v) is 27.8. The van der Waals surface area contributed by atoms with Gasteiger partial charge in [0.1, 0.15) is 29.5 Å². The van der Waals surface area contributed by atoms with Crippen LogP contribution in [0.2, 0.25) is 18.1 Å². The van der Waals surface area contributed by atoms with E-state index in [0.717, 1.165) is 16.2 Å². The molecular formula is C34H42O7SSi. The minimum Gasteiger partial charge on any atom is -0.497 e. The van der Waals surface area contributed by atoms with Gasteiger partial charge in [-0.1, -0.05) is 80.6 Å². The smallest absolute Gasteiger partial charge is 0.338 e. The quantitative estimate of drug-likeness (QED) is 0.188. The van der Waals surface area contributed by atoms with Crippen LogP contribution in [0.4, 0.5) is 0 Å². The maximum atomic E-state index is 13.6. The number of benzene rings is 3. The highest BCUT2D eigenvalue weighted by Crippen LogP contribution is 2.45. The predicted octanol–water partition coefficient (Wildman–Crippen LogP) is 7.55. The number of hydrogen-bond acceptors (Lipinski definition) is 8. The molecule has 0 saturated carbocycles. The average molecular weight is 623 g/mol. The molecule has 2 aliphatic heterocycles. The second kappa shape index (κ2) is 13.1. The highest BCUT2D eigenvalue weighted by Gasteiger charge is 2.55. The molecule has 43 heavy (non-hydrogen) atoms. The van der Waals surface area contributed by atoms with Gasteiger partial charge in [-0.25, -0.2) is 4.79 Å². The van der Waals surface area contributed by atoms with Crippen molar-refractivity contribution in [2.75, 3.05) is 13.7 Å². The average Bonchev–Trinajstić information content (AvgIpc) is 2.99. The molecular weight excluding hydrogens is 581 g/mol. The summed E-state index contributed by atoms with van der Waals surface area (Å²) >= 11 is 1.52. The third-order valence-corrected chi connectivity index (χ3v) is 14.1. The molecule has 5 rings (SSSR count). The Hall–Kier alpha value is -2.66. The Kier molecular flexibility index (Phi) is 9.70. The molecule has 1 unspecified atom stereocenters. The van der Waals surface area contributed by atoms with E-state index in [-0.39, 0.29) is 5.04 Å². The van der Waals surface area contributed by atoms with Crippen molar-refractivity contribution in [3.8, 4) is 5.75 Å². The van der Waals surface area contributed by atoms with E-state index in [9.17, 15) is 4.79 Å².